The van der Waals surface area contributed by atoms with E-state index >= 15 is 0 Å². The van der Waals surface area contributed by atoms with Gasteiger partial charge in [-0.25, -0.2) is 0 Å². The molecule has 1 N–H and O–H groups in total. The van der Waals surface area contributed by atoms with Gasteiger partial charge in [0.15, 0.2) is 0 Å². The first-order chi connectivity index (χ1) is 12.9. The van der Waals surface area contributed by atoms with Crippen molar-refractivity contribution in [3.8, 4) is 5.75 Å². The molecule has 0 saturated heterocycles. The van der Waals surface area contributed by atoms with E-state index in [0.717, 1.165) is 12.1 Å². The average Bonchev–Trinajstić information content (AvgIpc) is 3.08. The van der Waals surface area contributed by atoms with Gasteiger partial charge in [0, 0.05) is 6.20 Å². The first-order valence-electron chi connectivity index (χ1n) is 8.00. The largest absolute Gasteiger partial charge is 0.496 e. The van der Waals surface area contributed by atoms with Crippen LogP contribution in [0.25, 0.3) is 0 Å². The number of carbonyl (C=O) groups is 1. The predicted octanol–water partition coefficient (Wildman–Crippen LogP) is 4.21. The van der Waals surface area contributed by atoms with Crippen LogP contribution in [0.4, 0.5) is 18.9 Å². The molecular formula is C19H16F3N3O2. The lowest BCUT2D eigenvalue weighted by Gasteiger charge is -2.09. The first kappa shape index (κ1) is 18.5. The Labute approximate surface area is 153 Å². The van der Waals surface area contributed by atoms with Crippen LogP contribution in [0.3, 0.4) is 0 Å². The molecule has 0 spiro atoms. The van der Waals surface area contributed by atoms with Gasteiger partial charge in [-0.2, -0.15) is 18.3 Å². The zero-order valence-electron chi connectivity index (χ0n) is 14.3. The van der Waals surface area contributed by atoms with Crippen LogP contribution in [0.15, 0.2) is 60.9 Å². The molecule has 3 rings (SSSR count). The minimum Gasteiger partial charge on any atom is -0.496 e. The minimum atomic E-state index is -4.39. The molecule has 1 heterocycles. The summed E-state index contributed by atoms with van der Waals surface area (Å²) in [5.41, 5.74) is 0.538. The summed E-state index contributed by atoms with van der Waals surface area (Å²) < 4.78 is 45.0. The number of anilines is 1. The zero-order valence-corrected chi connectivity index (χ0v) is 14.3. The monoisotopic (exact) mass is 375 g/mol. The van der Waals surface area contributed by atoms with Crippen LogP contribution in [0.2, 0.25) is 0 Å². The van der Waals surface area contributed by atoms with Gasteiger partial charge in [-0.3, -0.25) is 9.48 Å². The molecular weight excluding hydrogens is 359 g/mol. The van der Waals surface area contributed by atoms with Gasteiger partial charge < -0.3 is 10.1 Å². The van der Waals surface area contributed by atoms with E-state index in [1.165, 1.54) is 24.1 Å². The van der Waals surface area contributed by atoms with Gasteiger partial charge in [0.25, 0.3) is 5.91 Å². The van der Waals surface area contributed by atoms with Crippen LogP contribution in [0.5, 0.6) is 5.75 Å². The Morgan fingerprint density at radius 2 is 1.96 bits per heavy atom. The number of halogens is 3. The van der Waals surface area contributed by atoms with E-state index in [4.69, 9.17) is 4.74 Å². The van der Waals surface area contributed by atoms with Gasteiger partial charge >= 0.3 is 6.18 Å². The molecule has 1 amide bonds. The highest BCUT2D eigenvalue weighted by atomic mass is 19.4. The van der Waals surface area contributed by atoms with E-state index in [0.29, 0.717) is 22.6 Å². The molecule has 0 unspecified atom stereocenters. The Bertz CT molecular complexity index is 951. The number of benzene rings is 2. The lowest BCUT2D eigenvalue weighted by atomic mass is 10.1. The Balaban J connectivity index is 1.71. The molecule has 3 aromatic rings. The number of amides is 1. The van der Waals surface area contributed by atoms with Crippen molar-refractivity contribution >= 4 is 11.6 Å². The number of aromatic nitrogens is 2. The quantitative estimate of drug-likeness (QED) is 0.727. The molecule has 0 bridgehead atoms. The molecule has 27 heavy (non-hydrogen) atoms. The number of hydrogen-bond donors (Lipinski definition) is 1. The number of carbonyl (C=O) groups excluding carboxylic acids is 1. The maximum absolute atomic E-state index is 12.8. The number of para-hydroxylation sites is 1. The highest BCUT2D eigenvalue weighted by Gasteiger charge is 2.30. The molecule has 5 nitrogen and oxygen atoms in total. The summed E-state index contributed by atoms with van der Waals surface area (Å²) >= 11 is 0. The second kappa shape index (κ2) is 7.53. The normalized spacial score (nSPS) is 11.3. The van der Waals surface area contributed by atoms with Crippen molar-refractivity contribution in [3.63, 3.8) is 0 Å². The van der Waals surface area contributed by atoms with Gasteiger partial charge in [-0.05, 0) is 29.8 Å². The standard InChI is InChI=1S/C19H16F3N3O2/c1-27-17-8-3-2-7-16(17)18(26)24-15-10-23-25(12-15)11-13-5-4-6-14(9-13)19(20,21)22/h2-10,12H,11H2,1H3,(H,24,26). The summed E-state index contributed by atoms with van der Waals surface area (Å²) in [6, 6.07) is 11.8. The maximum Gasteiger partial charge on any atom is 0.416 e. The zero-order chi connectivity index (χ0) is 19.4. The van der Waals surface area contributed by atoms with Crippen LogP contribution in [-0.4, -0.2) is 22.8 Å². The van der Waals surface area contributed by atoms with Gasteiger partial charge in [-0.1, -0.05) is 24.3 Å². The summed E-state index contributed by atoms with van der Waals surface area (Å²) in [4.78, 5) is 12.4. The van der Waals surface area contributed by atoms with E-state index < -0.39 is 11.7 Å². The van der Waals surface area contributed by atoms with Crippen LogP contribution >= 0.6 is 0 Å². The summed E-state index contributed by atoms with van der Waals surface area (Å²) in [6.07, 6.45) is -1.41. The third-order valence-corrected chi connectivity index (χ3v) is 3.84. The molecule has 2 aromatic carbocycles. The van der Waals surface area contributed by atoms with Crippen molar-refractivity contribution in [2.45, 2.75) is 12.7 Å². The van der Waals surface area contributed by atoms with Crippen molar-refractivity contribution in [2.24, 2.45) is 0 Å². The molecule has 0 saturated carbocycles. The SMILES string of the molecule is COc1ccccc1C(=O)Nc1cnn(Cc2cccc(C(F)(F)F)c2)c1. The molecule has 0 aliphatic heterocycles. The van der Waals surface area contributed by atoms with Crippen LogP contribution in [-0.2, 0) is 12.7 Å². The molecule has 0 atom stereocenters. The number of alkyl halides is 3. The number of ether oxygens (including phenoxy) is 1. The maximum atomic E-state index is 12.8. The molecule has 0 fully saturated rings. The highest BCUT2D eigenvalue weighted by Crippen LogP contribution is 2.29. The fourth-order valence-corrected chi connectivity index (χ4v) is 2.58. The van der Waals surface area contributed by atoms with E-state index in [1.54, 1.807) is 36.5 Å². The van der Waals surface area contributed by atoms with Crippen molar-refractivity contribution < 1.29 is 22.7 Å². The Morgan fingerprint density at radius 1 is 1.19 bits per heavy atom. The number of nitrogens with one attached hydrogen (secondary N) is 1. The Hall–Kier alpha value is -3.29. The Morgan fingerprint density at radius 3 is 2.70 bits per heavy atom. The van der Waals surface area contributed by atoms with Gasteiger partial charge in [0.2, 0.25) is 0 Å². The minimum absolute atomic E-state index is 0.147. The third kappa shape index (κ3) is 4.46. The van der Waals surface area contributed by atoms with E-state index in [2.05, 4.69) is 10.4 Å². The van der Waals surface area contributed by atoms with Crippen molar-refractivity contribution in [2.75, 3.05) is 12.4 Å². The summed E-state index contributed by atoms with van der Waals surface area (Å²) in [6.45, 7) is 0.147. The molecule has 0 radical (unpaired) electrons. The topological polar surface area (TPSA) is 56.1 Å². The third-order valence-electron chi connectivity index (χ3n) is 3.84. The van der Waals surface area contributed by atoms with Gasteiger partial charge in [0.05, 0.1) is 36.7 Å². The smallest absolute Gasteiger partial charge is 0.416 e. The fourth-order valence-electron chi connectivity index (χ4n) is 2.58. The second-order valence-electron chi connectivity index (χ2n) is 5.78. The summed E-state index contributed by atoms with van der Waals surface area (Å²) in [5.74, 6) is 0.0671. The van der Waals surface area contributed by atoms with Gasteiger partial charge in [-0.15, -0.1) is 0 Å². The number of nitrogens with zero attached hydrogens (tertiary/aromatic N) is 2. The molecule has 140 valence electrons. The predicted molar refractivity (Wildman–Crippen MR) is 93.7 cm³/mol. The summed E-state index contributed by atoms with van der Waals surface area (Å²) in [7, 11) is 1.47. The first-order valence-corrected chi connectivity index (χ1v) is 8.00. The molecule has 8 heteroatoms. The second-order valence-corrected chi connectivity index (χ2v) is 5.78. The van der Waals surface area contributed by atoms with Gasteiger partial charge in [0.1, 0.15) is 5.75 Å². The summed E-state index contributed by atoms with van der Waals surface area (Å²) in [5, 5.41) is 6.77. The molecule has 1 aromatic heterocycles. The fraction of sp³-hybridized carbons (Fsp3) is 0.158. The van der Waals surface area contributed by atoms with E-state index in [1.807, 2.05) is 0 Å². The molecule has 0 aliphatic carbocycles. The highest BCUT2D eigenvalue weighted by molar-refractivity contribution is 6.06. The van der Waals surface area contributed by atoms with E-state index in [9.17, 15) is 18.0 Å². The lowest BCUT2D eigenvalue weighted by molar-refractivity contribution is -0.137. The van der Waals surface area contributed by atoms with Crippen LogP contribution in [0.1, 0.15) is 21.5 Å². The number of rotatable bonds is 5. The molecule has 0 aliphatic rings. The van der Waals surface area contributed by atoms with Crippen molar-refractivity contribution in [3.05, 3.63) is 77.6 Å². The van der Waals surface area contributed by atoms with E-state index in [-0.39, 0.29) is 12.5 Å². The number of methoxy groups -OCH3 is 1. The lowest BCUT2D eigenvalue weighted by Crippen LogP contribution is -2.12. The Kier molecular flexibility index (Phi) is 5.16. The number of hydrogen-bond acceptors (Lipinski definition) is 3. The van der Waals surface area contributed by atoms with Crippen LogP contribution in [0, 0.1) is 0 Å². The van der Waals surface area contributed by atoms with Crippen molar-refractivity contribution in [1.29, 1.82) is 0 Å². The van der Waals surface area contributed by atoms with Crippen LogP contribution < -0.4 is 10.1 Å². The average molecular weight is 375 g/mol. The van der Waals surface area contributed by atoms with Crippen molar-refractivity contribution in [1.82, 2.24) is 9.78 Å².